The molecule has 3 nitrogen and oxygen atoms in total. The standard InChI is InChI=1S/C17H13F4NO2/c18-12-3-1-2-11(10-12)15-8-9-16(23)22(15)13-4-6-14(7-5-13)24-17(19,20)21/h1-7,10,15H,8-9H2/t15-/m1/s1. The Hall–Kier alpha value is -2.57. The van der Waals surface area contributed by atoms with Crippen molar-refractivity contribution in [2.24, 2.45) is 0 Å². The predicted molar refractivity (Wildman–Crippen MR) is 79.0 cm³/mol. The number of alkyl halides is 3. The largest absolute Gasteiger partial charge is 0.573 e. The van der Waals surface area contributed by atoms with Gasteiger partial charge >= 0.3 is 6.36 Å². The number of anilines is 1. The molecule has 0 saturated carbocycles. The number of ether oxygens (including phenoxy) is 1. The fourth-order valence-corrected chi connectivity index (χ4v) is 2.85. The lowest BCUT2D eigenvalue weighted by atomic mass is 10.0. The summed E-state index contributed by atoms with van der Waals surface area (Å²) in [6.07, 6.45) is -3.96. The predicted octanol–water partition coefficient (Wildman–Crippen LogP) is 4.59. The third kappa shape index (κ3) is 3.50. The van der Waals surface area contributed by atoms with Gasteiger partial charge in [0.1, 0.15) is 11.6 Å². The molecule has 3 rings (SSSR count). The number of hydrogen-bond acceptors (Lipinski definition) is 2. The Labute approximate surface area is 135 Å². The van der Waals surface area contributed by atoms with Crippen molar-refractivity contribution in [1.82, 2.24) is 0 Å². The van der Waals surface area contributed by atoms with Gasteiger partial charge in [-0.05, 0) is 48.4 Å². The van der Waals surface area contributed by atoms with Crippen LogP contribution in [0.15, 0.2) is 48.5 Å². The average molecular weight is 339 g/mol. The fraction of sp³-hybridized carbons (Fsp3) is 0.235. The number of amides is 1. The van der Waals surface area contributed by atoms with Crippen LogP contribution in [0.5, 0.6) is 5.75 Å². The summed E-state index contributed by atoms with van der Waals surface area (Å²) in [5.74, 6) is -0.922. The molecule has 126 valence electrons. The first-order valence-corrected chi connectivity index (χ1v) is 7.27. The second-order valence-corrected chi connectivity index (χ2v) is 5.41. The minimum atomic E-state index is -4.77. The highest BCUT2D eigenvalue weighted by molar-refractivity contribution is 5.96. The molecular weight excluding hydrogens is 326 g/mol. The van der Waals surface area contributed by atoms with Crippen molar-refractivity contribution < 1.29 is 27.1 Å². The zero-order valence-electron chi connectivity index (χ0n) is 12.4. The molecule has 1 fully saturated rings. The highest BCUT2D eigenvalue weighted by atomic mass is 19.4. The van der Waals surface area contributed by atoms with Gasteiger partial charge in [0.15, 0.2) is 0 Å². The van der Waals surface area contributed by atoms with E-state index in [1.807, 2.05) is 0 Å². The van der Waals surface area contributed by atoms with Gasteiger partial charge in [-0.2, -0.15) is 0 Å². The molecule has 1 atom stereocenters. The van der Waals surface area contributed by atoms with Crippen molar-refractivity contribution >= 4 is 11.6 Å². The first kappa shape index (κ1) is 16.3. The van der Waals surface area contributed by atoms with Crippen LogP contribution in [0.4, 0.5) is 23.2 Å². The molecule has 1 saturated heterocycles. The monoisotopic (exact) mass is 339 g/mol. The van der Waals surface area contributed by atoms with Crippen LogP contribution >= 0.6 is 0 Å². The maximum Gasteiger partial charge on any atom is 0.573 e. The third-order valence-corrected chi connectivity index (χ3v) is 3.79. The maximum atomic E-state index is 13.4. The number of carbonyl (C=O) groups excluding carboxylic acids is 1. The average Bonchev–Trinajstić information content (AvgIpc) is 2.88. The minimum Gasteiger partial charge on any atom is -0.406 e. The van der Waals surface area contributed by atoms with Gasteiger partial charge in [-0.15, -0.1) is 13.2 Å². The highest BCUT2D eigenvalue weighted by Gasteiger charge is 2.34. The van der Waals surface area contributed by atoms with Crippen molar-refractivity contribution in [1.29, 1.82) is 0 Å². The second-order valence-electron chi connectivity index (χ2n) is 5.41. The number of carbonyl (C=O) groups is 1. The Morgan fingerprint density at radius 3 is 2.42 bits per heavy atom. The molecule has 2 aromatic carbocycles. The molecule has 24 heavy (non-hydrogen) atoms. The van der Waals surface area contributed by atoms with Crippen LogP contribution in [0.25, 0.3) is 0 Å². The Morgan fingerprint density at radius 2 is 1.79 bits per heavy atom. The van der Waals surface area contributed by atoms with Crippen LogP contribution in [-0.4, -0.2) is 12.3 Å². The van der Waals surface area contributed by atoms with Gasteiger partial charge in [-0.25, -0.2) is 4.39 Å². The first-order chi connectivity index (χ1) is 11.3. The van der Waals surface area contributed by atoms with Crippen molar-refractivity contribution in [3.05, 3.63) is 59.9 Å². The molecule has 0 aromatic heterocycles. The van der Waals surface area contributed by atoms with E-state index in [9.17, 15) is 22.4 Å². The van der Waals surface area contributed by atoms with E-state index < -0.39 is 12.2 Å². The van der Waals surface area contributed by atoms with Crippen molar-refractivity contribution in [3.8, 4) is 5.75 Å². The Kier molecular flexibility index (Phi) is 4.17. The second kappa shape index (κ2) is 6.14. The molecular formula is C17H13F4NO2. The quantitative estimate of drug-likeness (QED) is 0.766. The molecule has 1 aliphatic heterocycles. The summed E-state index contributed by atoms with van der Waals surface area (Å²) in [6.45, 7) is 0. The van der Waals surface area contributed by atoms with Crippen molar-refractivity contribution in [2.45, 2.75) is 25.2 Å². The molecule has 1 amide bonds. The van der Waals surface area contributed by atoms with E-state index in [2.05, 4.69) is 4.74 Å². The molecule has 0 spiro atoms. The smallest absolute Gasteiger partial charge is 0.406 e. The third-order valence-electron chi connectivity index (χ3n) is 3.79. The number of benzene rings is 2. The first-order valence-electron chi connectivity index (χ1n) is 7.27. The Balaban J connectivity index is 1.87. The minimum absolute atomic E-state index is 0.159. The molecule has 0 unspecified atom stereocenters. The van der Waals surface area contributed by atoms with E-state index in [1.54, 1.807) is 12.1 Å². The maximum absolute atomic E-state index is 13.4. The van der Waals surface area contributed by atoms with Gasteiger partial charge in [-0.3, -0.25) is 4.79 Å². The van der Waals surface area contributed by atoms with Crippen LogP contribution < -0.4 is 9.64 Å². The molecule has 7 heteroatoms. The number of nitrogens with zero attached hydrogens (tertiary/aromatic N) is 1. The van der Waals surface area contributed by atoms with Crippen LogP contribution in [0.1, 0.15) is 24.4 Å². The van der Waals surface area contributed by atoms with Gasteiger partial charge < -0.3 is 9.64 Å². The molecule has 2 aromatic rings. The normalized spacial score (nSPS) is 18.1. The summed E-state index contributed by atoms with van der Waals surface area (Å²) in [4.78, 5) is 13.7. The summed E-state index contributed by atoms with van der Waals surface area (Å²) in [5.41, 5.74) is 1.10. The lowest BCUT2D eigenvalue weighted by molar-refractivity contribution is -0.274. The molecule has 0 radical (unpaired) electrons. The molecule has 0 N–H and O–H groups in total. The zero-order chi connectivity index (χ0) is 17.3. The van der Waals surface area contributed by atoms with Crippen LogP contribution in [0.3, 0.4) is 0 Å². The Bertz CT molecular complexity index is 743. The molecule has 1 heterocycles. The lowest BCUT2D eigenvalue weighted by Gasteiger charge is -2.25. The number of hydrogen-bond donors (Lipinski definition) is 0. The van der Waals surface area contributed by atoms with E-state index in [0.29, 0.717) is 24.1 Å². The van der Waals surface area contributed by atoms with Crippen LogP contribution in [0, 0.1) is 5.82 Å². The topological polar surface area (TPSA) is 29.5 Å². The summed E-state index contributed by atoms with van der Waals surface area (Å²) in [7, 11) is 0. The zero-order valence-corrected chi connectivity index (χ0v) is 12.4. The molecule has 0 bridgehead atoms. The fourth-order valence-electron chi connectivity index (χ4n) is 2.85. The van der Waals surface area contributed by atoms with Gasteiger partial charge in [0.05, 0.1) is 6.04 Å². The SMILES string of the molecule is O=C1CC[C@H](c2cccc(F)c2)N1c1ccc(OC(F)(F)F)cc1. The van der Waals surface area contributed by atoms with Gasteiger partial charge in [0.2, 0.25) is 5.91 Å². The summed E-state index contributed by atoms with van der Waals surface area (Å²) < 4.78 is 53.9. The van der Waals surface area contributed by atoms with E-state index >= 15 is 0 Å². The number of rotatable bonds is 3. The van der Waals surface area contributed by atoms with E-state index in [-0.39, 0.29) is 17.7 Å². The summed E-state index contributed by atoms with van der Waals surface area (Å²) in [5, 5.41) is 0. The van der Waals surface area contributed by atoms with Crippen LogP contribution in [-0.2, 0) is 4.79 Å². The van der Waals surface area contributed by atoms with E-state index in [0.717, 1.165) is 12.1 Å². The summed E-state index contributed by atoms with van der Waals surface area (Å²) in [6, 6.07) is 10.7. The van der Waals surface area contributed by atoms with Crippen LogP contribution in [0.2, 0.25) is 0 Å². The van der Waals surface area contributed by atoms with E-state index in [4.69, 9.17) is 0 Å². The molecule has 0 aliphatic carbocycles. The van der Waals surface area contributed by atoms with Gasteiger partial charge in [0, 0.05) is 12.1 Å². The molecule has 1 aliphatic rings. The van der Waals surface area contributed by atoms with Crippen molar-refractivity contribution in [2.75, 3.05) is 4.90 Å². The van der Waals surface area contributed by atoms with Crippen molar-refractivity contribution in [3.63, 3.8) is 0 Å². The van der Waals surface area contributed by atoms with Gasteiger partial charge in [0.25, 0.3) is 0 Å². The lowest BCUT2D eigenvalue weighted by Crippen LogP contribution is -2.27. The number of halogens is 4. The summed E-state index contributed by atoms with van der Waals surface area (Å²) >= 11 is 0. The van der Waals surface area contributed by atoms with Gasteiger partial charge in [-0.1, -0.05) is 12.1 Å². The Morgan fingerprint density at radius 1 is 1.08 bits per heavy atom. The van der Waals surface area contributed by atoms with E-state index in [1.165, 1.54) is 29.2 Å². The highest BCUT2D eigenvalue weighted by Crippen LogP contribution is 2.38.